The van der Waals surface area contributed by atoms with Crippen LogP contribution in [-0.2, 0) is 9.47 Å². The zero-order chi connectivity index (χ0) is 11.0. The Hall–Kier alpha value is -0.120. The fourth-order valence-electron chi connectivity index (χ4n) is 1.60. The molecule has 2 unspecified atom stereocenters. The molecule has 0 N–H and O–H groups in total. The van der Waals surface area contributed by atoms with E-state index in [1.165, 1.54) is 0 Å². The second kappa shape index (κ2) is 8.21. The largest absolute Gasteiger partial charge is 0.378 e. The maximum atomic E-state index is 5.49. The van der Waals surface area contributed by atoms with Crippen molar-refractivity contribution >= 4 is 0 Å². The van der Waals surface area contributed by atoms with Crippen LogP contribution in [0.2, 0.25) is 0 Å². The molecule has 14 heavy (non-hydrogen) atoms. The van der Waals surface area contributed by atoms with Crippen LogP contribution in [0.5, 0.6) is 0 Å². The molecule has 1 aliphatic heterocycles. The fourth-order valence-corrected chi connectivity index (χ4v) is 1.60. The van der Waals surface area contributed by atoms with Gasteiger partial charge in [-0.15, -0.1) is 0 Å². The van der Waals surface area contributed by atoms with Crippen molar-refractivity contribution in [1.82, 2.24) is 4.90 Å². The lowest BCUT2D eigenvalue weighted by atomic mass is 10.1. The van der Waals surface area contributed by atoms with E-state index in [2.05, 4.69) is 18.9 Å². The molecule has 0 spiro atoms. The predicted octanol–water partition coefficient (Wildman–Crippen LogP) is 1.63. The Bertz CT molecular complexity index is 130. The minimum absolute atomic E-state index is 0.238. The van der Waals surface area contributed by atoms with E-state index in [0.29, 0.717) is 5.92 Å². The third-order valence-electron chi connectivity index (χ3n) is 2.18. The first-order valence-corrected chi connectivity index (χ1v) is 5.51. The van der Waals surface area contributed by atoms with Gasteiger partial charge in [0.15, 0.2) is 0 Å². The van der Waals surface area contributed by atoms with Crippen LogP contribution in [0.1, 0.15) is 20.8 Å². The highest BCUT2D eigenvalue weighted by molar-refractivity contribution is 4.68. The van der Waals surface area contributed by atoms with Gasteiger partial charge in [-0.05, 0) is 13.0 Å². The minimum atomic E-state index is 0.238. The molecule has 3 nitrogen and oxygen atoms in total. The molecule has 0 radical (unpaired) electrons. The molecular formula is C11H25NO2. The Labute approximate surface area is 88.4 Å². The van der Waals surface area contributed by atoms with E-state index in [1.807, 2.05) is 13.8 Å². The van der Waals surface area contributed by atoms with E-state index in [4.69, 9.17) is 9.47 Å². The first kappa shape index (κ1) is 13.9. The summed E-state index contributed by atoms with van der Waals surface area (Å²) < 4.78 is 10.8. The Balaban J connectivity index is 0.000000791. The fraction of sp³-hybridized carbons (Fsp3) is 1.00. The van der Waals surface area contributed by atoms with Crippen LogP contribution in [0.4, 0.5) is 0 Å². The number of hydrogen-bond acceptors (Lipinski definition) is 3. The maximum Gasteiger partial charge on any atom is 0.0931 e. The lowest BCUT2D eigenvalue weighted by Crippen LogP contribution is -2.39. The minimum Gasteiger partial charge on any atom is -0.378 e. The molecular weight excluding hydrogens is 178 g/mol. The van der Waals surface area contributed by atoms with Crippen molar-refractivity contribution in [2.75, 3.05) is 40.5 Å². The molecule has 1 fully saturated rings. The quantitative estimate of drug-likeness (QED) is 0.646. The summed E-state index contributed by atoms with van der Waals surface area (Å²) in [5, 5.41) is 0. The molecule has 3 heteroatoms. The highest BCUT2D eigenvalue weighted by Gasteiger charge is 2.17. The van der Waals surface area contributed by atoms with Crippen LogP contribution in [0.3, 0.4) is 0 Å². The molecule has 0 amide bonds. The third kappa shape index (κ3) is 5.58. The number of rotatable bonds is 1. The summed E-state index contributed by atoms with van der Waals surface area (Å²) in [7, 11) is 3.88. The van der Waals surface area contributed by atoms with Crippen LogP contribution < -0.4 is 0 Å². The summed E-state index contributed by atoms with van der Waals surface area (Å²) >= 11 is 0. The zero-order valence-corrected chi connectivity index (χ0v) is 10.2. The van der Waals surface area contributed by atoms with E-state index in [0.717, 1.165) is 26.3 Å². The molecule has 1 rings (SSSR count). The normalized spacial score (nSPS) is 29.8. The van der Waals surface area contributed by atoms with Gasteiger partial charge in [0.05, 0.1) is 19.3 Å². The summed E-state index contributed by atoms with van der Waals surface area (Å²) in [5.41, 5.74) is 0. The average molecular weight is 203 g/mol. The lowest BCUT2D eigenvalue weighted by molar-refractivity contribution is -0.0353. The van der Waals surface area contributed by atoms with E-state index >= 15 is 0 Å². The molecule has 86 valence electrons. The van der Waals surface area contributed by atoms with E-state index in [9.17, 15) is 0 Å². The van der Waals surface area contributed by atoms with E-state index in [1.54, 1.807) is 7.11 Å². The number of nitrogens with zero attached hydrogens (tertiary/aromatic N) is 1. The van der Waals surface area contributed by atoms with Crippen LogP contribution >= 0.6 is 0 Å². The summed E-state index contributed by atoms with van der Waals surface area (Å²) in [5.74, 6) is 0.632. The van der Waals surface area contributed by atoms with Crippen molar-refractivity contribution in [2.45, 2.75) is 26.9 Å². The van der Waals surface area contributed by atoms with Crippen LogP contribution in [-0.4, -0.2) is 51.5 Å². The van der Waals surface area contributed by atoms with E-state index < -0.39 is 0 Å². The first-order valence-electron chi connectivity index (χ1n) is 5.51. The van der Waals surface area contributed by atoms with Gasteiger partial charge in [0.25, 0.3) is 0 Å². The van der Waals surface area contributed by atoms with Crippen molar-refractivity contribution in [2.24, 2.45) is 5.92 Å². The average Bonchev–Trinajstić information content (AvgIpc) is 2.16. The number of methoxy groups -OCH3 is 1. The van der Waals surface area contributed by atoms with Crippen molar-refractivity contribution < 1.29 is 9.47 Å². The smallest absolute Gasteiger partial charge is 0.0931 e. The highest BCUT2D eigenvalue weighted by atomic mass is 16.5. The van der Waals surface area contributed by atoms with Crippen LogP contribution in [0, 0.1) is 5.92 Å². The van der Waals surface area contributed by atoms with Crippen molar-refractivity contribution in [3.05, 3.63) is 0 Å². The lowest BCUT2D eigenvalue weighted by Gasteiger charge is -2.29. The third-order valence-corrected chi connectivity index (χ3v) is 2.18. The van der Waals surface area contributed by atoms with Gasteiger partial charge < -0.3 is 14.4 Å². The van der Waals surface area contributed by atoms with Crippen molar-refractivity contribution in [3.63, 3.8) is 0 Å². The summed E-state index contributed by atoms with van der Waals surface area (Å²) in [6.45, 7) is 9.86. The Kier molecular flexibility index (Phi) is 8.14. The summed E-state index contributed by atoms with van der Waals surface area (Å²) in [6.07, 6.45) is 0.238. The SMILES string of the molecule is CC.COC1COCC(C)CN(C)C1. The zero-order valence-electron chi connectivity index (χ0n) is 10.2. The van der Waals surface area contributed by atoms with Crippen molar-refractivity contribution in [3.8, 4) is 0 Å². The van der Waals surface area contributed by atoms with Gasteiger partial charge in [-0.2, -0.15) is 0 Å². The monoisotopic (exact) mass is 203 g/mol. The first-order chi connectivity index (χ1) is 6.72. The molecule has 2 atom stereocenters. The summed E-state index contributed by atoms with van der Waals surface area (Å²) in [6, 6.07) is 0. The topological polar surface area (TPSA) is 21.7 Å². The Morgan fingerprint density at radius 1 is 1.21 bits per heavy atom. The van der Waals surface area contributed by atoms with Gasteiger partial charge in [0.1, 0.15) is 0 Å². The van der Waals surface area contributed by atoms with Crippen LogP contribution in [0.15, 0.2) is 0 Å². The van der Waals surface area contributed by atoms with Crippen LogP contribution in [0.25, 0.3) is 0 Å². The summed E-state index contributed by atoms with van der Waals surface area (Å²) in [4.78, 5) is 2.31. The van der Waals surface area contributed by atoms with Gasteiger partial charge in [-0.25, -0.2) is 0 Å². The molecule has 0 aromatic heterocycles. The standard InChI is InChI=1S/C9H19NO2.C2H6/c1-8-4-10(2)5-9(11-3)7-12-6-8;1-2/h8-9H,4-7H2,1-3H3;1-2H3. The number of ether oxygens (including phenoxy) is 2. The highest BCUT2D eigenvalue weighted by Crippen LogP contribution is 2.06. The van der Waals surface area contributed by atoms with Gasteiger partial charge in [-0.3, -0.25) is 0 Å². The molecule has 1 aliphatic rings. The number of likely N-dealkylation sites (N-methyl/N-ethyl adjacent to an activating group) is 1. The molecule has 0 aromatic rings. The van der Waals surface area contributed by atoms with E-state index in [-0.39, 0.29) is 6.10 Å². The maximum absolute atomic E-state index is 5.49. The van der Waals surface area contributed by atoms with Gasteiger partial charge in [-0.1, -0.05) is 20.8 Å². The second-order valence-corrected chi connectivity index (χ2v) is 3.72. The number of hydrogen-bond donors (Lipinski definition) is 0. The van der Waals surface area contributed by atoms with Crippen molar-refractivity contribution in [1.29, 1.82) is 0 Å². The molecule has 1 saturated heterocycles. The molecule has 0 aromatic carbocycles. The Morgan fingerprint density at radius 2 is 1.86 bits per heavy atom. The van der Waals surface area contributed by atoms with Gasteiger partial charge in [0.2, 0.25) is 0 Å². The molecule has 0 aliphatic carbocycles. The predicted molar refractivity (Wildman–Crippen MR) is 59.6 cm³/mol. The Morgan fingerprint density at radius 3 is 2.43 bits per heavy atom. The molecule has 0 bridgehead atoms. The molecule has 0 saturated carbocycles. The second-order valence-electron chi connectivity index (χ2n) is 3.72. The van der Waals surface area contributed by atoms with Gasteiger partial charge >= 0.3 is 0 Å². The van der Waals surface area contributed by atoms with Gasteiger partial charge in [0, 0.05) is 20.2 Å². The molecule has 1 heterocycles.